The Morgan fingerprint density at radius 2 is 1.60 bits per heavy atom. The van der Waals surface area contributed by atoms with Gasteiger partial charge in [0.2, 0.25) is 0 Å². The number of carbonyl (C=O) groups excluding carboxylic acids is 2. The van der Waals surface area contributed by atoms with E-state index in [1.807, 2.05) is 51.1 Å². The fraction of sp³-hybridized carbons (Fsp3) is 0.619. The Labute approximate surface area is 152 Å². The van der Waals surface area contributed by atoms with Crippen LogP contribution >= 0.6 is 0 Å². The predicted octanol–water partition coefficient (Wildman–Crippen LogP) is 5.21. The fourth-order valence-electron chi connectivity index (χ4n) is 2.42. The molecule has 0 aliphatic heterocycles. The maximum atomic E-state index is 12.5. The zero-order chi connectivity index (χ0) is 19.1. The van der Waals surface area contributed by atoms with Gasteiger partial charge in [-0.25, -0.2) is 4.79 Å². The van der Waals surface area contributed by atoms with Crippen molar-refractivity contribution in [3.63, 3.8) is 0 Å². The number of hydrogen-bond donors (Lipinski definition) is 0. The smallest absolute Gasteiger partial charge is 0.410 e. The van der Waals surface area contributed by atoms with Gasteiger partial charge in [-0.3, -0.25) is 9.69 Å². The lowest BCUT2D eigenvalue weighted by Crippen LogP contribution is -2.39. The first kappa shape index (κ1) is 21.2. The van der Waals surface area contributed by atoms with Crippen molar-refractivity contribution in [1.29, 1.82) is 0 Å². The monoisotopic (exact) mass is 347 g/mol. The van der Waals surface area contributed by atoms with Gasteiger partial charge in [0.15, 0.2) is 5.78 Å². The summed E-state index contributed by atoms with van der Waals surface area (Å²) in [6, 6.07) is 9.67. The lowest BCUT2D eigenvalue weighted by atomic mass is 9.89. The van der Waals surface area contributed by atoms with Crippen LogP contribution in [0.15, 0.2) is 30.3 Å². The number of hydrogen-bond acceptors (Lipinski definition) is 3. The predicted molar refractivity (Wildman–Crippen MR) is 101 cm³/mol. The van der Waals surface area contributed by atoms with Gasteiger partial charge in [0, 0.05) is 13.0 Å². The molecule has 0 heterocycles. The molecule has 0 spiro atoms. The minimum Gasteiger partial charge on any atom is -0.444 e. The molecule has 0 bridgehead atoms. The molecule has 0 fully saturated rings. The largest absolute Gasteiger partial charge is 0.444 e. The molecule has 140 valence electrons. The van der Waals surface area contributed by atoms with E-state index in [0.717, 1.165) is 18.4 Å². The Kier molecular flexibility index (Phi) is 7.65. The third kappa shape index (κ3) is 9.90. The number of amides is 1. The molecule has 1 aromatic rings. The lowest BCUT2D eigenvalue weighted by Gasteiger charge is -2.27. The second-order valence-corrected chi connectivity index (χ2v) is 8.77. The van der Waals surface area contributed by atoms with E-state index in [4.69, 9.17) is 4.74 Å². The van der Waals surface area contributed by atoms with Gasteiger partial charge in [0.25, 0.3) is 0 Å². The van der Waals surface area contributed by atoms with E-state index in [0.29, 0.717) is 13.0 Å². The first-order chi connectivity index (χ1) is 11.5. The van der Waals surface area contributed by atoms with E-state index < -0.39 is 11.7 Å². The third-order valence-electron chi connectivity index (χ3n) is 3.62. The van der Waals surface area contributed by atoms with Crippen LogP contribution in [0.4, 0.5) is 4.79 Å². The molecule has 0 aliphatic carbocycles. The summed E-state index contributed by atoms with van der Waals surface area (Å²) in [4.78, 5) is 26.3. The Morgan fingerprint density at radius 1 is 1.00 bits per heavy atom. The molecule has 4 nitrogen and oxygen atoms in total. The molecule has 0 aromatic heterocycles. The second kappa shape index (κ2) is 9.02. The van der Waals surface area contributed by atoms with Gasteiger partial charge < -0.3 is 4.74 Å². The van der Waals surface area contributed by atoms with Gasteiger partial charge in [-0.15, -0.1) is 0 Å². The summed E-state index contributed by atoms with van der Waals surface area (Å²) in [6.45, 7) is 12.5. The highest BCUT2D eigenvalue weighted by Crippen LogP contribution is 2.21. The minimum absolute atomic E-state index is 0.0750. The molecule has 0 aliphatic rings. The van der Waals surface area contributed by atoms with Crippen LogP contribution in [0.2, 0.25) is 0 Å². The van der Waals surface area contributed by atoms with Gasteiger partial charge >= 0.3 is 6.09 Å². The van der Waals surface area contributed by atoms with Crippen LogP contribution in [0.25, 0.3) is 0 Å². The number of Topliss-reactive ketones (excluding diaryl/α,β-unsaturated/α-hetero) is 1. The standard InChI is InChI=1S/C21H33NO3/c1-20(2,3)14-10-13-18(23)16-22(19(24)25-21(4,5)6)15-17-11-8-7-9-12-17/h7-9,11-12H,10,13-16H2,1-6H3. The van der Waals surface area contributed by atoms with Gasteiger partial charge in [0.1, 0.15) is 5.60 Å². The molecule has 1 amide bonds. The summed E-state index contributed by atoms with van der Waals surface area (Å²) < 4.78 is 5.47. The number of carbonyl (C=O) groups is 2. The van der Waals surface area contributed by atoms with Crippen molar-refractivity contribution in [1.82, 2.24) is 4.90 Å². The highest BCUT2D eigenvalue weighted by Gasteiger charge is 2.24. The Bertz CT molecular complexity index is 553. The summed E-state index contributed by atoms with van der Waals surface area (Å²) in [7, 11) is 0. The van der Waals surface area contributed by atoms with Crippen molar-refractivity contribution in [2.75, 3.05) is 6.54 Å². The Hall–Kier alpha value is -1.84. The fourth-order valence-corrected chi connectivity index (χ4v) is 2.42. The van der Waals surface area contributed by atoms with Crippen LogP contribution in [-0.2, 0) is 16.1 Å². The van der Waals surface area contributed by atoms with Crippen molar-refractivity contribution < 1.29 is 14.3 Å². The van der Waals surface area contributed by atoms with Crippen molar-refractivity contribution >= 4 is 11.9 Å². The summed E-state index contributed by atoms with van der Waals surface area (Å²) in [5.41, 5.74) is 0.618. The number of nitrogens with zero attached hydrogens (tertiary/aromatic N) is 1. The average Bonchev–Trinajstić information content (AvgIpc) is 2.44. The van der Waals surface area contributed by atoms with Crippen LogP contribution in [-0.4, -0.2) is 28.9 Å². The van der Waals surface area contributed by atoms with Gasteiger partial charge in [-0.2, -0.15) is 0 Å². The highest BCUT2D eigenvalue weighted by molar-refractivity contribution is 5.84. The number of ketones is 1. The van der Waals surface area contributed by atoms with E-state index in [1.165, 1.54) is 4.90 Å². The van der Waals surface area contributed by atoms with Crippen molar-refractivity contribution in [2.45, 2.75) is 73.0 Å². The zero-order valence-corrected chi connectivity index (χ0v) is 16.6. The van der Waals surface area contributed by atoms with Gasteiger partial charge in [-0.05, 0) is 44.6 Å². The van der Waals surface area contributed by atoms with Crippen molar-refractivity contribution in [2.24, 2.45) is 5.41 Å². The first-order valence-corrected chi connectivity index (χ1v) is 9.00. The van der Waals surface area contributed by atoms with Gasteiger partial charge in [-0.1, -0.05) is 51.1 Å². The number of rotatable bonds is 7. The van der Waals surface area contributed by atoms with Crippen LogP contribution in [0.3, 0.4) is 0 Å². The SMILES string of the molecule is CC(C)(C)CCCC(=O)CN(Cc1ccccc1)C(=O)OC(C)(C)C. The second-order valence-electron chi connectivity index (χ2n) is 8.77. The normalized spacial score (nSPS) is 11.9. The number of benzene rings is 1. The highest BCUT2D eigenvalue weighted by atomic mass is 16.6. The molecule has 0 atom stereocenters. The molecular formula is C21H33NO3. The summed E-state index contributed by atoms with van der Waals surface area (Å²) in [6.07, 6.45) is 1.88. The zero-order valence-electron chi connectivity index (χ0n) is 16.6. The number of ether oxygens (including phenoxy) is 1. The minimum atomic E-state index is -0.582. The molecule has 0 saturated heterocycles. The molecule has 25 heavy (non-hydrogen) atoms. The van der Waals surface area contributed by atoms with Crippen LogP contribution in [0.5, 0.6) is 0 Å². The Balaban J connectivity index is 2.70. The van der Waals surface area contributed by atoms with E-state index in [-0.39, 0.29) is 17.7 Å². The van der Waals surface area contributed by atoms with E-state index in [2.05, 4.69) is 20.8 Å². The average molecular weight is 347 g/mol. The summed E-state index contributed by atoms with van der Waals surface area (Å²) in [5, 5.41) is 0. The van der Waals surface area contributed by atoms with Crippen molar-refractivity contribution in [3.05, 3.63) is 35.9 Å². The van der Waals surface area contributed by atoms with E-state index in [1.54, 1.807) is 0 Å². The first-order valence-electron chi connectivity index (χ1n) is 9.00. The van der Waals surface area contributed by atoms with Crippen LogP contribution in [0, 0.1) is 5.41 Å². The molecule has 0 radical (unpaired) electrons. The van der Waals surface area contributed by atoms with Crippen LogP contribution in [0.1, 0.15) is 66.4 Å². The third-order valence-corrected chi connectivity index (χ3v) is 3.62. The molecule has 0 unspecified atom stereocenters. The molecule has 1 rings (SSSR count). The molecule has 1 aromatic carbocycles. The Morgan fingerprint density at radius 3 is 2.12 bits per heavy atom. The lowest BCUT2D eigenvalue weighted by molar-refractivity contribution is -0.120. The summed E-state index contributed by atoms with van der Waals surface area (Å²) in [5.74, 6) is 0.0750. The van der Waals surface area contributed by atoms with E-state index in [9.17, 15) is 9.59 Å². The molecule has 0 N–H and O–H groups in total. The quantitative estimate of drug-likeness (QED) is 0.680. The maximum Gasteiger partial charge on any atom is 0.410 e. The molecule has 4 heteroatoms. The molecule has 0 saturated carbocycles. The molecular weight excluding hydrogens is 314 g/mol. The van der Waals surface area contributed by atoms with Crippen LogP contribution < -0.4 is 0 Å². The topological polar surface area (TPSA) is 46.6 Å². The summed E-state index contributed by atoms with van der Waals surface area (Å²) >= 11 is 0. The van der Waals surface area contributed by atoms with E-state index >= 15 is 0 Å². The van der Waals surface area contributed by atoms with Crippen molar-refractivity contribution in [3.8, 4) is 0 Å². The van der Waals surface area contributed by atoms with Gasteiger partial charge in [0.05, 0.1) is 6.54 Å². The maximum absolute atomic E-state index is 12.5.